The highest BCUT2D eigenvalue weighted by Crippen LogP contribution is 2.70. The van der Waals surface area contributed by atoms with Crippen molar-refractivity contribution in [3.63, 3.8) is 0 Å². The highest BCUT2D eigenvalue weighted by Gasteiger charge is 2.39. The zero-order valence-corrected chi connectivity index (χ0v) is 21.3. The van der Waals surface area contributed by atoms with Gasteiger partial charge in [-0.05, 0) is 84.3 Å². The van der Waals surface area contributed by atoms with Crippen molar-refractivity contribution in [3.8, 4) is 5.75 Å². The molecule has 1 aliphatic heterocycles. The first-order valence-corrected chi connectivity index (χ1v) is 14.5. The molecule has 0 N–H and O–H groups in total. The molecule has 0 bridgehead atoms. The first-order chi connectivity index (χ1) is 17.5. The van der Waals surface area contributed by atoms with E-state index in [1.165, 1.54) is 0 Å². The standard InChI is InChI=1S/C27H26N2O5S2/c1-21-8-12-24(13-9-21)36(30,31)34-35(25-5-2-16-28-19-25,26-6-3-17-29-20-26)23-14-10-22(11-15-23)33-27-7-4-18-32-27/h2-3,5-6,8-17,19-20,27H,4,7,18H2,1H3. The number of pyridine rings is 2. The van der Waals surface area contributed by atoms with Crippen molar-refractivity contribution in [3.05, 3.63) is 103 Å². The smallest absolute Gasteiger partial charge is 0.307 e. The number of hydrogen-bond donors (Lipinski definition) is 0. The highest BCUT2D eigenvalue weighted by molar-refractivity contribution is 8.33. The average molecular weight is 523 g/mol. The molecule has 36 heavy (non-hydrogen) atoms. The van der Waals surface area contributed by atoms with Crippen LogP contribution in [0, 0.1) is 6.92 Å². The number of nitrogens with zero attached hydrogens (tertiary/aromatic N) is 2. The Balaban J connectivity index is 1.65. The second-order valence-corrected chi connectivity index (χ2v) is 12.8. The summed E-state index contributed by atoms with van der Waals surface area (Å²) >= 11 is 0. The minimum Gasteiger partial charge on any atom is -0.465 e. The fraction of sp³-hybridized carbons (Fsp3) is 0.185. The highest BCUT2D eigenvalue weighted by atomic mass is 32.3. The number of rotatable bonds is 8. The molecule has 1 unspecified atom stereocenters. The molecule has 4 aromatic rings. The van der Waals surface area contributed by atoms with Crippen molar-refractivity contribution >= 4 is 20.4 Å². The van der Waals surface area contributed by atoms with Crippen LogP contribution in [-0.4, -0.2) is 31.3 Å². The Morgan fingerprint density at radius 2 is 1.42 bits per heavy atom. The molecule has 1 aliphatic rings. The van der Waals surface area contributed by atoms with Crippen LogP contribution < -0.4 is 4.74 Å². The van der Waals surface area contributed by atoms with Gasteiger partial charge in [0.2, 0.25) is 0 Å². The molecule has 5 rings (SSSR count). The van der Waals surface area contributed by atoms with Gasteiger partial charge in [-0.25, -0.2) is 3.63 Å². The lowest BCUT2D eigenvalue weighted by atomic mass is 10.2. The molecule has 186 valence electrons. The maximum atomic E-state index is 13.7. The van der Waals surface area contributed by atoms with Crippen molar-refractivity contribution in [1.82, 2.24) is 9.97 Å². The number of benzene rings is 2. The van der Waals surface area contributed by atoms with Crippen LogP contribution in [-0.2, 0) is 18.5 Å². The summed E-state index contributed by atoms with van der Waals surface area (Å²) in [6.45, 7) is 2.58. The molecule has 1 saturated heterocycles. The van der Waals surface area contributed by atoms with E-state index in [2.05, 4.69) is 9.97 Å². The number of ether oxygens (including phenoxy) is 2. The second kappa shape index (κ2) is 10.4. The van der Waals surface area contributed by atoms with Crippen LogP contribution in [0.1, 0.15) is 18.4 Å². The third kappa shape index (κ3) is 5.01. The van der Waals surface area contributed by atoms with Gasteiger partial charge in [-0.2, -0.15) is 8.42 Å². The molecule has 1 fully saturated rings. The van der Waals surface area contributed by atoms with E-state index < -0.39 is 20.4 Å². The van der Waals surface area contributed by atoms with Gasteiger partial charge in [0, 0.05) is 45.9 Å². The Morgan fingerprint density at radius 3 is 1.94 bits per heavy atom. The molecule has 2 aromatic carbocycles. The minimum atomic E-state index is -4.18. The van der Waals surface area contributed by atoms with Crippen LogP contribution >= 0.6 is 10.3 Å². The second-order valence-electron chi connectivity index (χ2n) is 8.30. The van der Waals surface area contributed by atoms with Crippen LogP contribution in [0.15, 0.2) is 117 Å². The van der Waals surface area contributed by atoms with Gasteiger partial charge in [-0.1, -0.05) is 17.7 Å². The van der Waals surface area contributed by atoms with E-state index in [1.54, 1.807) is 61.2 Å². The Hall–Kier alpha value is -3.24. The quantitative estimate of drug-likeness (QED) is 0.285. The lowest BCUT2D eigenvalue weighted by Gasteiger charge is -2.38. The number of aryl methyl sites for hydroxylation is 1. The van der Waals surface area contributed by atoms with Gasteiger partial charge in [0.25, 0.3) is 0 Å². The molecule has 3 heterocycles. The van der Waals surface area contributed by atoms with E-state index >= 15 is 0 Å². The topological polar surface area (TPSA) is 87.6 Å². The van der Waals surface area contributed by atoms with E-state index in [9.17, 15) is 8.42 Å². The van der Waals surface area contributed by atoms with Crippen molar-refractivity contribution in [1.29, 1.82) is 0 Å². The number of hydrogen-bond acceptors (Lipinski definition) is 7. The zero-order valence-electron chi connectivity index (χ0n) is 19.7. The third-order valence-electron chi connectivity index (χ3n) is 5.75. The van der Waals surface area contributed by atoms with Crippen LogP contribution in [0.5, 0.6) is 5.75 Å². The molecule has 0 amide bonds. The number of aromatic nitrogens is 2. The fourth-order valence-corrected chi connectivity index (χ4v) is 9.04. The molecule has 0 saturated carbocycles. The summed E-state index contributed by atoms with van der Waals surface area (Å²) in [6.07, 6.45) is 8.09. The van der Waals surface area contributed by atoms with Crippen LogP contribution in [0.4, 0.5) is 0 Å². The summed E-state index contributed by atoms with van der Waals surface area (Å²) in [4.78, 5) is 10.6. The van der Waals surface area contributed by atoms with Gasteiger partial charge >= 0.3 is 10.1 Å². The molecule has 0 aliphatic carbocycles. The summed E-state index contributed by atoms with van der Waals surface area (Å²) in [5, 5.41) is 0. The normalized spacial score (nSPS) is 16.5. The van der Waals surface area contributed by atoms with Gasteiger partial charge < -0.3 is 9.47 Å². The maximum absolute atomic E-state index is 13.7. The summed E-state index contributed by atoms with van der Waals surface area (Å²) < 4.78 is 45.2. The monoisotopic (exact) mass is 522 g/mol. The predicted molar refractivity (Wildman–Crippen MR) is 136 cm³/mol. The minimum absolute atomic E-state index is 0.0797. The Kier molecular flexibility index (Phi) is 7.06. The van der Waals surface area contributed by atoms with E-state index in [4.69, 9.17) is 13.1 Å². The predicted octanol–water partition coefficient (Wildman–Crippen LogP) is 5.90. The van der Waals surface area contributed by atoms with Gasteiger partial charge in [0.15, 0.2) is 6.29 Å². The van der Waals surface area contributed by atoms with Crippen LogP contribution in [0.3, 0.4) is 0 Å². The first-order valence-electron chi connectivity index (χ1n) is 11.5. The van der Waals surface area contributed by atoms with Crippen molar-refractivity contribution in [2.45, 2.75) is 45.6 Å². The Bertz CT molecular complexity index is 1350. The third-order valence-corrected chi connectivity index (χ3v) is 10.9. The molecular weight excluding hydrogens is 496 g/mol. The lowest BCUT2D eigenvalue weighted by molar-refractivity contribution is -0.0390. The van der Waals surface area contributed by atoms with Gasteiger partial charge in [0.1, 0.15) is 5.75 Å². The van der Waals surface area contributed by atoms with Crippen LogP contribution in [0.25, 0.3) is 0 Å². The maximum Gasteiger partial charge on any atom is 0.307 e. The van der Waals surface area contributed by atoms with Gasteiger partial charge in [-0.3, -0.25) is 9.97 Å². The summed E-state index contributed by atoms with van der Waals surface area (Å²) in [5.41, 5.74) is 0.953. The Labute approximate surface area is 212 Å². The SMILES string of the molecule is Cc1ccc(S(=O)(=O)OS(c2ccc(OC3CCCO3)cc2)(c2cccnc2)c2cccnc2)cc1. The molecule has 0 radical (unpaired) electrons. The van der Waals surface area contributed by atoms with Gasteiger partial charge in [0.05, 0.1) is 11.5 Å². The van der Waals surface area contributed by atoms with E-state index in [0.717, 1.165) is 18.4 Å². The van der Waals surface area contributed by atoms with Crippen LogP contribution in [0.2, 0.25) is 0 Å². The Morgan fingerprint density at radius 1 is 0.806 bits per heavy atom. The van der Waals surface area contributed by atoms with E-state index in [-0.39, 0.29) is 11.2 Å². The molecule has 1 atom stereocenters. The largest absolute Gasteiger partial charge is 0.465 e. The van der Waals surface area contributed by atoms with Gasteiger partial charge in [-0.15, -0.1) is 0 Å². The summed E-state index contributed by atoms with van der Waals surface area (Å²) in [5.74, 6) is 0.637. The summed E-state index contributed by atoms with van der Waals surface area (Å²) in [6, 6.07) is 21.1. The molecular formula is C27H26N2O5S2. The van der Waals surface area contributed by atoms with E-state index in [1.807, 2.05) is 43.3 Å². The molecule has 0 spiro atoms. The van der Waals surface area contributed by atoms with Crippen molar-refractivity contribution in [2.75, 3.05) is 6.61 Å². The first kappa shape index (κ1) is 24.5. The van der Waals surface area contributed by atoms with E-state index in [0.29, 0.717) is 27.0 Å². The molecule has 2 aromatic heterocycles. The molecule has 7 nitrogen and oxygen atoms in total. The summed E-state index contributed by atoms with van der Waals surface area (Å²) in [7, 11) is -6.97. The average Bonchev–Trinajstić information content (AvgIpc) is 3.42. The lowest BCUT2D eigenvalue weighted by Crippen LogP contribution is -2.15. The van der Waals surface area contributed by atoms with Crippen molar-refractivity contribution < 1.29 is 21.5 Å². The molecule has 9 heteroatoms. The zero-order chi connectivity index (χ0) is 25.0. The fourth-order valence-electron chi connectivity index (χ4n) is 3.94. The van der Waals surface area contributed by atoms with Crippen molar-refractivity contribution in [2.24, 2.45) is 0 Å².